The molecule has 0 fully saturated rings. The molecule has 0 aliphatic carbocycles. The van der Waals surface area contributed by atoms with E-state index in [1.165, 1.54) is 10.9 Å². The maximum atomic E-state index is 10.9. The lowest BCUT2D eigenvalue weighted by atomic mass is 10.1. The molecule has 0 radical (unpaired) electrons. The minimum atomic E-state index is -0.585. The zero-order valence-corrected chi connectivity index (χ0v) is 13.3. The molecule has 0 atom stereocenters. The molecule has 23 heavy (non-hydrogen) atoms. The van der Waals surface area contributed by atoms with Crippen LogP contribution in [-0.2, 0) is 13.5 Å². The van der Waals surface area contributed by atoms with Gasteiger partial charge in [-0.3, -0.25) is 4.79 Å². The van der Waals surface area contributed by atoms with Crippen molar-refractivity contribution in [1.82, 2.24) is 14.8 Å². The Kier molecular flexibility index (Phi) is 4.16. The number of carbonyl (C=O) groups excluding carboxylic acids is 1. The summed E-state index contributed by atoms with van der Waals surface area (Å²) in [5.74, 6) is 0.0248. The van der Waals surface area contributed by atoms with E-state index in [0.717, 1.165) is 17.0 Å². The van der Waals surface area contributed by atoms with Crippen molar-refractivity contribution in [3.05, 3.63) is 52.8 Å². The third kappa shape index (κ3) is 3.27. The van der Waals surface area contributed by atoms with Crippen molar-refractivity contribution in [2.75, 3.05) is 11.9 Å². The van der Waals surface area contributed by atoms with E-state index in [1.807, 2.05) is 25.2 Å². The quantitative estimate of drug-likeness (QED) is 0.752. The average molecular weight is 330 g/mol. The van der Waals surface area contributed by atoms with Crippen LogP contribution in [0.1, 0.15) is 16.1 Å². The number of primary amides is 1. The minimum absolute atomic E-state index is 0.154. The van der Waals surface area contributed by atoms with Gasteiger partial charge in [0.25, 0.3) is 5.91 Å². The molecule has 0 aliphatic rings. The first-order valence-electron chi connectivity index (χ1n) is 7.15. The maximum Gasteiger partial charge on any atom is 0.269 e. The Hall–Kier alpha value is -2.60. The molecular weight excluding hydrogens is 314 g/mol. The fraction of sp³-hybridized carbons (Fsp3) is 0.188. The molecular formula is C16H16ClN5O. The van der Waals surface area contributed by atoms with E-state index in [2.05, 4.69) is 26.3 Å². The van der Waals surface area contributed by atoms with Gasteiger partial charge in [-0.2, -0.15) is 0 Å². The Bertz CT molecular complexity index is 857. The summed E-state index contributed by atoms with van der Waals surface area (Å²) < 4.78 is 2.07. The Morgan fingerprint density at radius 1 is 1.30 bits per heavy atom. The molecule has 3 N–H and O–H groups in total. The molecule has 0 bridgehead atoms. The van der Waals surface area contributed by atoms with E-state index in [4.69, 9.17) is 17.3 Å². The van der Waals surface area contributed by atoms with Crippen molar-refractivity contribution in [1.29, 1.82) is 0 Å². The highest BCUT2D eigenvalue weighted by molar-refractivity contribution is 6.31. The van der Waals surface area contributed by atoms with Crippen molar-refractivity contribution in [3.8, 4) is 0 Å². The average Bonchev–Trinajstić information content (AvgIpc) is 2.84. The van der Waals surface area contributed by atoms with Crippen LogP contribution in [0, 0.1) is 0 Å². The van der Waals surface area contributed by atoms with Gasteiger partial charge in [-0.05, 0) is 36.2 Å². The lowest BCUT2D eigenvalue weighted by Gasteiger charge is -2.04. The first-order chi connectivity index (χ1) is 11.0. The van der Waals surface area contributed by atoms with Crippen LogP contribution in [0.5, 0.6) is 0 Å². The number of hydrogen-bond donors (Lipinski definition) is 2. The van der Waals surface area contributed by atoms with Crippen LogP contribution in [0.4, 0.5) is 5.82 Å². The predicted molar refractivity (Wildman–Crippen MR) is 90.7 cm³/mol. The molecule has 0 saturated carbocycles. The second-order valence-electron chi connectivity index (χ2n) is 5.27. The normalized spacial score (nSPS) is 10.9. The van der Waals surface area contributed by atoms with E-state index in [1.54, 1.807) is 12.1 Å². The van der Waals surface area contributed by atoms with Crippen molar-refractivity contribution < 1.29 is 4.79 Å². The van der Waals surface area contributed by atoms with Gasteiger partial charge in [-0.1, -0.05) is 17.7 Å². The van der Waals surface area contributed by atoms with Gasteiger partial charge in [-0.15, -0.1) is 10.2 Å². The molecule has 2 heterocycles. The van der Waals surface area contributed by atoms with Gasteiger partial charge in [0.2, 0.25) is 0 Å². The molecule has 0 aliphatic heterocycles. The van der Waals surface area contributed by atoms with Crippen LogP contribution in [0.2, 0.25) is 5.02 Å². The van der Waals surface area contributed by atoms with Crippen molar-refractivity contribution in [2.24, 2.45) is 12.8 Å². The van der Waals surface area contributed by atoms with Crippen LogP contribution >= 0.6 is 11.6 Å². The number of benzene rings is 1. The molecule has 0 spiro atoms. The highest BCUT2D eigenvalue weighted by Crippen LogP contribution is 2.24. The largest absolute Gasteiger partial charge is 0.368 e. The van der Waals surface area contributed by atoms with Gasteiger partial charge in [0.05, 0.1) is 0 Å². The first-order valence-corrected chi connectivity index (χ1v) is 7.53. The number of anilines is 1. The van der Waals surface area contributed by atoms with E-state index in [-0.39, 0.29) is 5.69 Å². The Labute approximate surface area is 138 Å². The van der Waals surface area contributed by atoms with Gasteiger partial charge >= 0.3 is 0 Å². The van der Waals surface area contributed by atoms with Crippen molar-refractivity contribution in [3.63, 3.8) is 0 Å². The summed E-state index contributed by atoms with van der Waals surface area (Å²) in [6.45, 7) is 0.701. The summed E-state index contributed by atoms with van der Waals surface area (Å²) in [4.78, 5) is 10.9. The zero-order valence-electron chi connectivity index (χ0n) is 12.6. The number of aromatic nitrogens is 3. The number of hydrogen-bond acceptors (Lipinski definition) is 4. The monoisotopic (exact) mass is 329 g/mol. The molecule has 6 nitrogen and oxygen atoms in total. The number of aryl methyl sites for hydroxylation is 1. The van der Waals surface area contributed by atoms with Gasteiger partial charge in [0, 0.05) is 35.7 Å². The van der Waals surface area contributed by atoms with Crippen LogP contribution in [-0.4, -0.2) is 27.2 Å². The Morgan fingerprint density at radius 2 is 2.13 bits per heavy atom. The lowest BCUT2D eigenvalue weighted by Crippen LogP contribution is -2.14. The maximum absolute atomic E-state index is 10.9. The zero-order chi connectivity index (χ0) is 16.4. The highest BCUT2D eigenvalue weighted by Gasteiger charge is 2.07. The molecule has 3 aromatic rings. The first kappa shape index (κ1) is 15.3. The summed E-state index contributed by atoms with van der Waals surface area (Å²) in [6, 6.07) is 9.14. The molecule has 3 rings (SSSR count). The summed E-state index contributed by atoms with van der Waals surface area (Å²) in [5.41, 5.74) is 7.63. The summed E-state index contributed by atoms with van der Waals surface area (Å²) in [7, 11) is 2.00. The highest BCUT2D eigenvalue weighted by atomic mass is 35.5. The van der Waals surface area contributed by atoms with Crippen LogP contribution in [0.25, 0.3) is 10.9 Å². The standard InChI is InChI=1S/C16H16ClN5O/c1-22-9-10(12-3-2-11(17)8-14(12)22)6-7-19-15-5-4-13(16(18)23)20-21-15/h2-5,8-9H,6-7H2,1H3,(H2,18,23)(H,19,21). The van der Waals surface area contributed by atoms with Crippen LogP contribution < -0.4 is 11.1 Å². The second-order valence-corrected chi connectivity index (χ2v) is 5.71. The topological polar surface area (TPSA) is 85.8 Å². The molecule has 0 saturated heterocycles. The van der Waals surface area contributed by atoms with Crippen molar-refractivity contribution in [2.45, 2.75) is 6.42 Å². The number of carbonyl (C=O) groups is 1. The van der Waals surface area contributed by atoms with Crippen LogP contribution in [0.3, 0.4) is 0 Å². The number of nitrogens with zero attached hydrogens (tertiary/aromatic N) is 3. The molecule has 7 heteroatoms. The fourth-order valence-electron chi connectivity index (χ4n) is 2.52. The fourth-order valence-corrected chi connectivity index (χ4v) is 2.69. The number of halogens is 1. The molecule has 1 aromatic carbocycles. The molecule has 1 amide bonds. The lowest BCUT2D eigenvalue weighted by molar-refractivity contribution is 0.0994. The predicted octanol–water partition coefficient (Wildman–Crippen LogP) is 2.38. The van der Waals surface area contributed by atoms with E-state index >= 15 is 0 Å². The number of nitrogens with two attached hydrogens (primary N) is 1. The number of amides is 1. The summed E-state index contributed by atoms with van der Waals surface area (Å²) >= 11 is 6.05. The van der Waals surface area contributed by atoms with Crippen molar-refractivity contribution >= 4 is 34.2 Å². The third-order valence-electron chi connectivity index (χ3n) is 3.65. The third-order valence-corrected chi connectivity index (χ3v) is 3.89. The smallest absolute Gasteiger partial charge is 0.269 e. The number of nitrogens with one attached hydrogen (secondary N) is 1. The van der Waals surface area contributed by atoms with Crippen LogP contribution in [0.15, 0.2) is 36.5 Å². The van der Waals surface area contributed by atoms with E-state index in [0.29, 0.717) is 12.4 Å². The van der Waals surface area contributed by atoms with Gasteiger partial charge in [0.1, 0.15) is 5.82 Å². The van der Waals surface area contributed by atoms with Gasteiger partial charge < -0.3 is 15.6 Å². The Balaban J connectivity index is 1.68. The number of fused-ring (bicyclic) bond motifs is 1. The molecule has 2 aromatic heterocycles. The number of rotatable bonds is 5. The molecule has 118 valence electrons. The van der Waals surface area contributed by atoms with Gasteiger partial charge in [0.15, 0.2) is 5.69 Å². The summed E-state index contributed by atoms with van der Waals surface area (Å²) in [5, 5.41) is 12.8. The summed E-state index contributed by atoms with van der Waals surface area (Å²) in [6.07, 6.45) is 2.93. The SMILES string of the molecule is Cn1cc(CCNc2ccc(C(N)=O)nn2)c2ccc(Cl)cc21. The Morgan fingerprint density at radius 3 is 2.83 bits per heavy atom. The minimum Gasteiger partial charge on any atom is -0.368 e. The molecule has 0 unspecified atom stereocenters. The van der Waals surface area contributed by atoms with E-state index in [9.17, 15) is 4.79 Å². The van der Waals surface area contributed by atoms with E-state index < -0.39 is 5.91 Å². The second kappa shape index (κ2) is 6.26. The van der Waals surface area contributed by atoms with Gasteiger partial charge in [-0.25, -0.2) is 0 Å².